The van der Waals surface area contributed by atoms with Crippen LogP contribution in [0.3, 0.4) is 0 Å². The van der Waals surface area contributed by atoms with E-state index in [-0.39, 0.29) is 17.8 Å². The number of ether oxygens (including phenoxy) is 1. The molecule has 0 aliphatic heterocycles. The van der Waals surface area contributed by atoms with E-state index in [1.807, 2.05) is 20.8 Å². The normalized spacial score (nSPS) is 26.6. The molecular weight excluding hydrogens is 226 g/mol. The van der Waals surface area contributed by atoms with Crippen LogP contribution in [0.25, 0.3) is 0 Å². The largest absolute Gasteiger partial charge is 0.366 e. The van der Waals surface area contributed by atoms with Crippen molar-refractivity contribution in [3.05, 3.63) is 11.4 Å². The second-order valence-corrected chi connectivity index (χ2v) is 8.28. The molecule has 2 nitrogen and oxygen atoms in total. The van der Waals surface area contributed by atoms with Gasteiger partial charge in [-0.3, -0.25) is 0 Å². The number of halogens is 1. The van der Waals surface area contributed by atoms with Crippen LogP contribution in [0.1, 0.15) is 34.1 Å². The van der Waals surface area contributed by atoms with E-state index in [1.165, 1.54) is 0 Å². The molecule has 0 unspecified atom stereocenters. The molecule has 0 aromatic heterocycles. The van der Waals surface area contributed by atoms with Gasteiger partial charge in [0.15, 0.2) is 0 Å². The van der Waals surface area contributed by atoms with Crippen molar-refractivity contribution < 1.29 is 13.7 Å². The molecule has 0 fully saturated rings. The van der Waals surface area contributed by atoms with Crippen LogP contribution in [0.15, 0.2) is 11.4 Å². The van der Waals surface area contributed by atoms with Crippen LogP contribution >= 0.6 is 7.14 Å². The third-order valence-corrected chi connectivity index (χ3v) is 6.45. The van der Waals surface area contributed by atoms with E-state index in [0.717, 1.165) is 0 Å². The maximum Gasteiger partial charge on any atom is 0.112 e. The van der Waals surface area contributed by atoms with Crippen LogP contribution in [0, 0.1) is 5.92 Å². The highest BCUT2D eigenvalue weighted by atomic mass is 31.2. The molecule has 0 heterocycles. The van der Waals surface area contributed by atoms with Gasteiger partial charge in [0.2, 0.25) is 0 Å². The third-order valence-electron chi connectivity index (χ3n) is 3.52. The fraction of sp³-hybridized carbons (Fsp3) is 0.833. The lowest BCUT2D eigenvalue weighted by atomic mass is 10.1. The first-order valence-electron chi connectivity index (χ1n) is 5.98. The van der Waals surface area contributed by atoms with E-state index in [1.54, 1.807) is 6.92 Å². The first-order valence-corrected chi connectivity index (χ1v) is 8.24. The molecule has 0 saturated heterocycles. The minimum Gasteiger partial charge on any atom is -0.366 e. The smallest absolute Gasteiger partial charge is 0.112 e. The number of hydrogen-bond acceptors (Lipinski definition) is 2. The lowest BCUT2D eigenvalue weighted by Gasteiger charge is -2.19. The Morgan fingerprint density at radius 1 is 1.44 bits per heavy atom. The first-order chi connectivity index (χ1) is 7.43. The van der Waals surface area contributed by atoms with E-state index in [2.05, 4.69) is 0 Å². The maximum absolute atomic E-state index is 13.5. The van der Waals surface area contributed by atoms with Crippen LogP contribution in [-0.4, -0.2) is 24.8 Å². The van der Waals surface area contributed by atoms with Crippen LogP contribution in [0.5, 0.6) is 0 Å². The van der Waals surface area contributed by atoms with Crippen molar-refractivity contribution in [3.8, 4) is 0 Å². The van der Waals surface area contributed by atoms with E-state index in [9.17, 15) is 8.96 Å². The Kier molecular flexibility index (Phi) is 4.75. The van der Waals surface area contributed by atoms with Gasteiger partial charge in [-0.1, -0.05) is 20.8 Å². The number of allylic oxidation sites excluding steroid dienone is 1. The van der Waals surface area contributed by atoms with Crippen molar-refractivity contribution in [2.75, 3.05) is 18.7 Å². The van der Waals surface area contributed by atoms with Gasteiger partial charge in [-0.15, -0.1) is 0 Å². The summed E-state index contributed by atoms with van der Waals surface area (Å²) in [7, 11) is -2.17. The standard InChI is InChI=1S/C12H22FO2P/c1-5-16(14,6-2)8-15-11-7-9(3)12(13)10(11)4/h9,11H,5-8H2,1-4H3/t9-,11+/m1/s1. The van der Waals surface area contributed by atoms with Crippen LogP contribution < -0.4 is 0 Å². The van der Waals surface area contributed by atoms with Gasteiger partial charge in [-0.05, 0) is 18.9 Å². The molecule has 1 aliphatic carbocycles. The Hall–Kier alpha value is -0.140. The van der Waals surface area contributed by atoms with Crippen molar-refractivity contribution in [3.63, 3.8) is 0 Å². The molecule has 4 heteroatoms. The monoisotopic (exact) mass is 248 g/mol. The molecule has 1 rings (SSSR count). The van der Waals surface area contributed by atoms with Crippen molar-refractivity contribution in [2.24, 2.45) is 5.92 Å². The molecule has 0 N–H and O–H groups in total. The average molecular weight is 248 g/mol. The quantitative estimate of drug-likeness (QED) is 0.687. The summed E-state index contributed by atoms with van der Waals surface area (Å²) in [6.07, 6.45) is 2.14. The minimum absolute atomic E-state index is 0.0483. The molecule has 0 spiro atoms. The molecule has 16 heavy (non-hydrogen) atoms. The van der Waals surface area contributed by atoms with Gasteiger partial charge in [-0.2, -0.15) is 0 Å². The zero-order valence-corrected chi connectivity index (χ0v) is 11.5. The highest BCUT2D eigenvalue weighted by molar-refractivity contribution is 7.63. The van der Waals surface area contributed by atoms with Crippen molar-refractivity contribution in [1.29, 1.82) is 0 Å². The van der Waals surface area contributed by atoms with E-state index < -0.39 is 7.14 Å². The molecule has 0 aromatic carbocycles. The molecule has 0 bridgehead atoms. The molecule has 1 aliphatic rings. The van der Waals surface area contributed by atoms with Gasteiger partial charge in [0.05, 0.1) is 6.10 Å². The molecule has 0 saturated carbocycles. The highest BCUT2D eigenvalue weighted by Crippen LogP contribution is 2.46. The van der Waals surface area contributed by atoms with Gasteiger partial charge in [0.1, 0.15) is 19.3 Å². The van der Waals surface area contributed by atoms with Gasteiger partial charge in [0.25, 0.3) is 0 Å². The van der Waals surface area contributed by atoms with Gasteiger partial charge < -0.3 is 9.30 Å². The van der Waals surface area contributed by atoms with E-state index in [0.29, 0.717) is 30.7 Å². The fourth-order valence-electron chi connectivity index (χ4n) is 1.97. The van der Waals surface area contributed by atoms with Crippen LogP contribution in [-0.2, 0) is 9.30 Å². The van der Waals surface area contributed by atoms with Crippen molar-refractivity contribution in [1.82, 2.24) is 0 Å². The summed E-state index contributed by atoms with van der Waals surface area (Å²) in [4.78, 5) is 0. The van der Waals surface area contributed by atoms with Crippen molar-refractivity contribution in [2.45, 2.75) is 40.2 Å². The summed E-state index contributed by atoms with van der Waals surface area (Å²) in [5.74, 6) is -0.0968. The van der Waals surface area contributed by atoms with Gasteiger partial charge in [-0.25, -0.2) is 4.39 Å². The van der Waals surface area contributed by atoms with Gasteiger partial charge in [0, 0.05) is 18.2 Å². The zero-order valence-electron chi connectivity index (χ0n) is 10.6. The molecule has 0 radical (unpaired) electrons. The molecule has 94 valence electrons. The lowest BCUT2D eigenvalue weighted by Crippen LogP contribution is -2.14. The molecular formula is C12H22FO2P. The highest BCUT2D eigenvalue weighted by Gasteiger charge is 2.31. The first kappa shape index (κ1) is 13.9. The predicted molar refractivity (Wildman–Crippen MR) is 66.0 cm³/mol. The topological polar surface area (TPSA) is 26.3 Å². The van der Waals surface area contributed by atoms with Crippen molar-refractivity contribution >= 4 is 7.14 Å². The molecule has 0 amide bonds. The summed E-state index contributed by atoms with van der Waals surface area (Å²) in [6.45, 7) is 7.48. The van der Waals surface area contributed by atoms with Crippen LogP contribution in [0.2, 0.25) is 0 Å². The Labute approximate surface area is 97.6 Å². The Bertz CT molecular complexity index is 317. The molecule has 2 atom stereocenters. The van der Waals surface area contributed by atoms with Crippen LogP contribution in [0.4, 0.5) is 4.39 Å². The Morgan fingerprint density at radius 3 is 2.38 bits per heavy atom. The summed E-state index contributed by atoms with van der Waals surface area (Å²) in [5, 5.41) is 0. The predicted octanol–water partition coefficient (Wildman–Crippen LogP) is 4.02. The number of rotatable bonds is 5. The summed E-state index contributed by atoms with van der Waals surface area (Å²) in [6, 6.07) is 0. The van der Waals surface area contributed by atoms with Gasteiger partial charge >= 0.3 is 0 Å². The summed E-state index contributed by atoms with van der Waals surface area (Å²) < 4.78 is 31.3. The molecule has 0 aromatic rings. The van der Waals surface area contributed by atoms with E-state index in [4.69, 9.17) is 4.74 Å². The fourth-order valence-corrected chi connectivity index (χ4v) is 3.23. The zero-order chi connectivity index (χ0) is 12.3. The summed E-state index contributed by atoms with van der Waals surface area (Å²) in [5.41, 5.74) is 0.686. The Morgan fingerprint density at radius 2 is 2.00 bits per heavy atom. The van der Waals surface area contributed by atoms with E-state index >= 15 is 0 Å². The summed E-state index contributed by atoms with van der Waals surface area (Å²) >= 11 is 0. The second-order valence-electron chi connectivity index (χ2n) is 4.64. The maximum atomic E-state index is 13.5. The SMILES string of the molecule is CCP(=O)(CC)CO[C@H]1C[C@@H](C)C(F)=C1C. The average Bonchev–Trinajstić information content (AvgIpc) is 2.54. The Balaban J connectivity index is 2.56. The minimum atomic E-state index is -2.17. The second kappa shape index (κ2) is 5.46. The third kappa shape index (κ3) is 2.95. The number of hydrogen-bond donors (Lipinski definition) is 0. The lowest BCUT2D eigenvalue weighted by molar-refractivity contribution is 0.107.